The summed E-state index contributed by atoms with van der Waals surface area (Å²) in [6.45, 7) is 5.03. The maximum absolute atomic E-state index is 13.3. The first-order valence-electron chi connectivity index (χ1n) is 6.75. The molecule has 3 rings (SSSR count). The van der Waals surface area contributed by atoms with Crippen molar-refractivity contribution in [3.8, 4) is 5.75 Å². The average molecular weight is 370 g/mol. The molecule has 4 heteroatoms. The van der Waals surface area contributed by atoms with Crippen LogP contribution < -0.4 is 4.74 Å². The summed E-state index contributed by atoms with van der Waals surface area (Å²) in [5.41, 5.74) is 3.25. The molecule has 0 aliphatic carbocycles. The van der Waals surface area contributed by atoms with E-state index in [4.69, 9.17) is 16.3 Å². The van der Waals surface area contributed by atoms with Crippen molar-refractivity contribution in [3.63, 3.8) is 0 Å². The minimum atomic E-state index is -0.399. The summed E-state index contributed by atoms with van der Waals surface area (Å²) < 4.78 is 19.0. The fraction of sp³-hybridized carbons (Fsp3) is 0.294. The van der Waals surface area contributed by atoms with Crippen molar-refractivity contribution < 1.29 is 9.13 Å². The number of alkyl halides is 1. The second-order valence-corrected chi connectivity index (χ2v) is 7.29. The van der Waals surface area contributed by atoms with Gasteiger partial charge in [0.25, 0.3) is 0 Å². The van der Waals surface area contributed by atoms with Gasteiger partial charge in [-0.1, -0.05) is 53.5 Å². The van der Waals surface area contributed by atoms with Crippen molar-refractivity contribution in [2.45, 2.75) is 24.1 Å². The van der Waals surface area contributed by atoms with Crippen LogP contribution in [0.5, 0.6) is 5.75 Å². The largest absolute Gasteiger partial charge is 0.492 e. The number of fused-ring (bicyclic) bond motifs is 1. The SMILES string of the molecule is CC1(C)COc2ccc(C(Br)c3ccc(F)c(Cl)c3)cc21. The molecule has 0 bridgehead atoms. The van der Waals surface area contributed by atoms with Crippen LogP contribution in [0.4, 0.5) is 4.39 Å². The first kappa shape index (κ1) is 14.9. The van der Waals surface area contributed by atoms with Gasteiger partial charge in [0.1, 0.15) is 11.6 Å². The van der Waals surface area contributed by atoms with Gasteiger partial charge in [-0.05, 0) is 35.4 Å². The first-order valence-corrected chi connectivity index (χ1v) is 8.04. The molecule has 0 saturated heterocycles. The summed E-state index contributed by atoms with van der Waals surface area (Å²) in [6.07, 6.45) is 0. The van der Waals surface area contributed by atoms with Gasteiger partial charge in [0, 0.05) is 11.0 Å². The van der Waals surface area contributed by atoms with E-state index in [1.165, 1.54) is 11.6 Å². The molecule has 110 valence electrons. The normalized spacial score (nSPS) is 17.2. The number of rotatable bonds is 2. The van der Waals surface area contributed by atoms with Crippen LogP contribution in [-0.4, -0.2) is 6.61 Å². The monoisotopic (exact) mass is 368 g/mol. The lowest BCUT2D eigenvalue weighted by Crippen LogP contribution is -2.18. The Labute approximate surface area is 137 Å². The predicted molar refractivity (Wildman–Crippen MR) is 87.1 cm³/mol. The van der Waals surface area contributed by atoms with Gasteiger partial charge < -0.3 is 4.74 Å². The molecule has 21 heavy (non-hydrogen) atoms. The van der Waals surface area contributed by atoms with Crippen molar-refractivity contribution in [2.24, 2.45) is 0 Å². The summed E-state index contributed by atoms with van der Waals surface area (Å²) in [7, 11) is 0. The minimum absolute atomic E-state index is 0.0124. The van der Waals surface area contributed by atoms with Crippen LogP contribution >= 0.6 is 27.5 Å². The molecule has 0 amide bonds. The Kier molecular flexibility index (Phi) is 3.74. The highest BCUT2D eigenvalue weighted by atomic mass is 79.9. The quantitative estimate of drug-likeness (QED) is 0.623. The maximum atomic E-state index is 13.3. The van der Waals surface area contributed by atoms with Gasteiger partial charge in [-0.3, -0.25) is 0 Å². The molecule has 0 saturated carbocycles. The molecule has 1 heterocycles. The number of hydrogen-bond acceptors (Lipinski definition) is 1. The van der Waals surface area contributed by atoms with E-state index in [2.05, 4.69) is 35.8 Å². The zero-order valence-electron chi connectivity index (χ0n) is 11.8. The van der Waals surface area contributed by atoms with Crippen molar-refractivity contribution >= 4 is 27.5 Å². The van der Waals surface area contributed by atoms with E-state index in [-0.39, 0.29) is 15.3 Å². The molecule has 1 aliphatic rings. The van der Waals surface area contributed by atoms with Crippen LogP contribution in [0, 0.1) is 5.82 Å². The molecule has 1 aliphatic heterocycles. The number of benzene rings is 2. The lowest BCUT2D eigenvalue weighted by molar-refractivity contribution is 0.291. The molecule has 0 fully saturated rings. The molecule has 1 nitrogen and oxygen atoms in total. The third-order valence-corrected chi connectivity index (χ3v) is 5.20. The summed E-state index contributed by atoms with van der Waals surface area (Å²) >= 11 is 9.55. The highest BCUT2D eigenvalue weighted by Gasteiger charge is 2.32. The Hall–Kier alpha value is -1.06. The van der Waals surface area contributed by atoms with Crippen LogP contribution in [0.3, 0.4) is 0 Å². The second-order valence-electron chi connectivity index (χ2n) is 5.96. The van der Waals surface area contributed by atoms with Crippen molar-refractivity contribution in [3.05, 3.63) is 63.9 Å². The minimum Gasteiger partial charge on any atom is -0.492 e. The zero-order valence-corrected chi connectivity index (χ0v) is 14.1. The van der Waals surface area contributed by atoms with E-state index in [9.17, 15) is 4.39 Å². The van der Waals surface area contributed by atoms with Crippen LogP contribution in [0.2, 0.25) is 5.02 Å². The highest BCUT2D eigenvalue weighted by Crippen LogP contribution is 2.42. The summed E-state index contributed by atoms with van der Waals surface area (Å²) in [6, 6.07) is 11.0. The Balaban J connectivity index is 1.99. The maximum Gasteiger partial charge on any atom is 0.141 e. The molecule has 2 aromatic carbocycles. The Morgan fingerprint density at radius 3 is 2.57 bits per heavy atom. The van der Waals surface area contributed by atoms with Gasteiger partial charge in [-0.25, -0.2) is 4.39 Å². The van der Waals surface area contributed by atoms with E-state index < -0.39 is 5.82 Å². The lowest BCUT2D eigenvalue weighted by atomic mass is 9.85. The van der Waals surface area contributed by atoms with Crippen LogP contribution in [-0.2, 0) is 5.41 Å². The Morgan fingerprint density at radius 1 is 1.19 bits per heavy atom. The molecular weight excluding hydrogens is 355 g/mol. The van der Waals surface area contributed by atoms with Crippen molar-refractivity contribution in [1.82, 2.24) is 0 Å². The van der Waals surface area contributed by atoms with Gasteiger partial charge in [0.15, 0.2) is 0 Å². The standard InChI is InChI=1S/C17H15BrClFO/c1-17(2)9-21-15-6-4-10(7-12(15)17)16(18)11-3-5-14(20)13(19)8-11/h3-8,16H,9H2,1-2H3. The fourth-order valence-electron chi connectivity index (χ4n) is 2.56. The van der Waals surface area contributed by atoms with Crippen LogP contribution in [0.15, 0.2) is 36.4 Å². The van der Waals surface area contributed by atoms with E-state index in [1.807, 2.05) is 12.1 Å². The molecule has 2 aromatic rings. The van der Waals surface area contributed by atoms with E-state index >= 15 is 0 Å². The molecule has 0 N–H and O–H groups in total. The molecule has 1 atom stereocenters. The van der Waals surface area contributed by atoms with Gasteiger partial charge >= 0.3 is 0 Å². The van der Waals surface area contributed by atoms with E-state index in [0.717, 1.165) is 16.9 Å². The zero-order chi connectivity index (χ0) is 15.2. The summed E-state index contributed by atoms with van der Waals surface area (Å²) in [5.74, 6) is 0.546. The Bertz CT molecular complexity index is 699. The summed E-state index contributed by atoms with van der Waals surface area (Å²) in [5, 5.41) is 0.141. The average Bonchev–Trinajstić information content (AvgIpc) is 2.76. The van der Waals surface area contributed by atoms with Crippen LogP contribution in [0.25, 0.3) is 0 Å². The van der Waals surface area contributed by atoms with Gasteiger partial charge in [0.2, 0.25) is 0 Å². The molecule has 0 radical (unpaired) electrons. The summed E-state index contributed by atoms with van der Waals surface area (Å²) in [4.78, 5) is -0.0303. The van der Waals surface area contributed by atoms with E-state index in [0.29, 0.717) is 6.61 Å². The predicted octanol–water partition coefficient (Wildman–Crippen LogP) is 5.63. The van der Waals surface area contributed by atoms with E-state index in [1.54, 1.807) is 12.1 Å². The third kappa shape index (κ3) is 2.69. The Morgan fingerprint density at radius 2 is 1.86 bits per heavy atom. The smallest absolute Gasteiger partial charge is 0.141 e. The molecule has 0 spiro atoms. The second kappa shape index (κ2) is 5.29. The van der Waals surface area contributed by atoms with Crippen molar-refractivity contribution in [2.75, 3.05) is 6.61 Å². The number of halogens is 3. The molecule has 1 unspecified atom stereocenters. The van der Waals surface area contributed by atoms with Gasteiger partial charge in [0.05, 0.1) is 16.5 Å². The van der Waals surface area contributed by atoms with Crippen molar-refractivity contribution in [1.29, 1.82) is 0 Å². The number of hydrogen-bond donors (Lipinski definition) is 0. The van der Waals surface area contributed by atoms with Gasteiger partial charge in [-0.2, -0.15) is 0 Å². The van der Waals surface area contributed by atoms with Gasteiger partial charge in [-0.15, -0.1) is 0 Å². The first-order chi connectivity index (χ1) is 9.88. The molecule has 0 aromatic heterocycles. The van der Waals surface area contributed by atoms with Crippen LogP contribution in [0.1, 0.15) is 35.4 Å². The lowest BCUT2D eigenvalue weighted by Gasteiger charge is -2.18. The number of ether oxygens (including phenoxy) is 1. The fourth-order valence-corrected chi connectivity index (χ4v) is 3.32. The highest BCUT2D eigenvalue weighted by molar-refractivity contribution is 9.09. The topological polar surface area (TPSA) is 9.23 Å². The third-order valence-electron chi connectivity index (χ3n) is 3.85. The molecular formula is C17H15BrClFO.